The molecule has 0 saturated carbocycles. The number of carbonyl (C=O) groups excluding carboxylic acids is 1. The lowest BCUT2D eigenvalue weighted by atomic mass is 10.0. The molecule has 0 aromatic heterocycles. The summed E-state index contributed by atoms with van der Waals surface area (Å²) in [6, 6.07) is 10.9. The number of hydrogen-bond acceptors (Lipinski definition) is 5. The van der Waals surface area contributed by atoms with E-state index in [2.05, 4.69) is 5.32 Å². The summed E-state index contributed by atoms with van der Waals surface area (Å²) in [5.74, 6) is 0.221. The molecule has 1 aliphatic rings. The molecule has 6 nitrogen and oxygen atoms in total. The minimum absolute atomic E-state index is 0.0683. The first-order valence-corrected chi connectivity index (χ1v) is 12.1. The van der Waals surface area contributed by atoms with Crippen LogP contribution in [0.1, 0.15) is 47.2 Å². The highest BCUT2D eigenvalue weighted by molar-refractivity contribution is 7.89. The normalized spacial score (nSPS) is 13.1. The molecule has 1 aliphatic heterocycles. The standard InChI is InChI=1S/C22H27ClN2O4S/c23-19-7-4-3-6-16(19)9-12-25-11-5-1-2-8-20(26)18-14-17-10-13-29-22(17)21(15-18)30(24,27)28/h3-4,6-7,14-15,25H,1-2,5,8-13H2,(H2,24,27,28). The van der Waals surface area contributed by atoms with E-state index >= 15 is 0 Å². The SMILES string of the molecule is NS(=O)(=O)c1cc(C(=O)CCCCCNCCc2ccccc2Cl)cc2c1OCC2. The fraction of sp³-hybridized carbons (Fsp3) is 0.409. The number of fused-ring (bicyclic) bond motifs is 1. The van der Waals surface area contributed by atoms with E-state index in [0.29, 0.717) is 25.0 Å². The lowest BCUT2D eigenvalue weighted by molar-refractivity contribution is 0.0979. The van der Waals surface area contributed by atoms with Crippen LogP contribution in [0.5, 0.6) is 5.75 Å². The van der Waals surface area contributed by atoms with Crippen molar-refractivity contribution in [2.45, 2.75) is 43.4 Å². The van der Waals surface area contributed by atoms with Crippen molar-refractivity contribution in [1.82, 2.24) is 5.32 Å². The van der Waals surface area contributed by atoms with Crippen LogP contribution in [-0.2, 0) is 22.9 Å². The van der Waals surface area contributed by atoms with E-state index < -0.39 is 10.0 Å². The van der Waals surface area contributed by atoms with Gasteiger partial charge in [0.25, 0.3) is 0 Å². The summed E-state index contributed by atoms with van der Waals surface area (Å²) in [6.07, 6.45) is 4.48. The van der Waals surface area contributed by atoms with Crippen molar-refractivity contribution < 1.29 is 17.9 Å². The second-order valence-electron chi connectivity index (χ2n) is 7.43. The van der Waals surface area contributed by atoms with Crippen LogP contribution in [0.4, 0.5) is 0 Å². The number of benzene rings is 2. The fourth-order valence-corrected chi connectivity index (χ4v) is 4.52. The molecule has 0 aliphatic carbocycles. The van der Waals surface area contributed by atoms with E-state index in [-0.39, 0.29) is 16.4 Å². The number of rotatable bonds is 11. The monoisotopic (exact) mass is 450 g/mol. The van der Waals surface area contributed by atoms with Gasteiger partial charge in [0, 0.05) is 23.4 Å². The van der Waals surface area contributed by atoms with Crippen LogP contribution in [0.15, 0.2) is 41.3 Å². The van der Waals surface area contributed by atoms with Gasteiger partial charge in [-0.1, -0.05) is 36.2 Å². The van der Waals surface area contributed by atoms with Crippen molar-refractivity contribution in [3.63, 3.8) is 0 Å². The molecular formula is C22H27ClN2O4S. The average Bonchev–Trinajstić information content (AvgIpc) is 3.18. The van der Waals surface area contributed by atoms with Gasteiger partial charge in [0.2, 0.25) is 10.0 Å². The summed E-state index contributed by atoms with van der Waals surface area (Å²) >= 11 is 6.14. The van der Waals surface area contributed by atoms with E-state index in [0.717, 1.165) is 54.9 Å². The van der Waals surface area contributed by atoms with E-state index in [1.54, 1.807) is 6.07 Å². The molecule has 162 valence electrons. The summed E-state index contributed by atoms with van der Waals surface area (Å²) < 4.78 is 29.1. The van der Waals surface area contributed by atoms with Crippen molar-refractivity contribution in [2.24, 2.45) is 5.14 Å². The maximum Gasteiger partial charge on any atom is 0.241 e. The van der Waals surface area contributed by atoms with Gasteiger partial charge in [0.1, 0.15) is 10.6 Å². The predicted octanol–water partition coefficient (Wildman–Crippen LogP) is 3.50. The zero-order valence-corrected chi connectivity index (χ0v) is 18.4. The molecule has 30 heavy (non-hydrogen) atoms. The topological polar surface area (TPSA) is 98.5 Å². The Kier molecular flexibility index (Phi) is 7.88. The number of nitrogens with two attached hydrogens (primary N) is 1. The number of carbonyl (C=O) groups is 1. The molecule has 0 unspecified atom stereocenters. The Morgan fingerprint density at radius 1 is 1.13 bits per heavy atom. The first-order chi connectivity index (χ1) is 14.4. The highest BCUT2D eigenvalue weighted by Crippen LogP contribution is 2.34. The highest BCUT2D eigenvalue weighted by Gasteiger charge is 2.25. The molecule has 3 rings (SSSR count). The minimum Gasteiger partial charge on any atom is -0.492 e. The van der Waals surface area contributed by atoms with E-state index in [4.69, 9.17) is 21.5 Å². The van der Waals surface area contributed by atoms with Gasteiger partial charge in [0.05, 0.1) is 6.61 Å². The highest BCUT2D eigenvalue weighted by atomic mass is 35.5. The number of ketones is 1. The summed E-state index contributed by atoms with van der Waals surface area (Å²) in [6.45, 7) is 2.14. The zero-order valence-electron chi connectivity index (χ0n) is 16.8. The molecule has 2 aromatic rings. The Bertz CT molecular complexity index is 1010. The van der Waals surface area contributed by atoms with Crippen molar-refractivity contribution in [1.29, 1.82) is 0 Å². The van der Waals surface area contributed by atoms with Gasteiger partial charge in [-0.15, -0.1) is 0 Å². The van der Waals surface area contributed by atoms with Crippen LogP contribution in [0.3, 0.4) is 0 Å². The van der Waals surface area contributed by atoms with Crippen molar-refractivity contribution >= 4 is 27.4 Å². The van der Waals surface area contributed by atoms with Gasteiger partial charge in [-0.25, -0.2) is 13.6 Å². The van der Waals surface area contributed by atoms with E-state index in [1.807, 2.05) is 24.3 Å². The van der Waals surface area contributed by atoms with Crippen LogP contribution in [0.2, 0.25) is 5.02 Å². The molecule has 0 bridgehead atoms. The number of halogens is 1. The molecule has 0 radical (unpaired) electrons. The Hall–Kier alpha value is -1.93. The molecule has 1 heterocycles. The number of Topliss-reactive ketones (excluding diaryl/α,β-unsaturated/α-hetero) is 1. The second kappa shape index (κ2) is 10.4. The molecular weight excluding hydrogens is 424 g/mol. The number of hydrogen-bond donors (Lipinski definition) is 2. The van der Waals surface area contributed by atoms with E-state index in [1.165, 1.54) is 6.07 Å². The van der Waals surface area contributed by atoms with Gasteiger partial charge in [-0.3, -0.25) is 4.79 Å². The Labute approximate surface area is 182 Å². The van der Waals surface area contributed by atoms with Gasteiger partial charge >= 0.3 is 0 Å². The Morgan fingerprint density at radius 3 is 2.70 bits per heavy atom. The number of primary sulfonamides is 1. The molecule has 0 saturated heterocycles. The number of sulfonamides is 1. The Balaban J connectivity index is 1.40. The summed E-state index contributed by atoms with van der Waals surface area (Å²) in [7, 11) is -3.94. The van der Waals surface area contributed by atoms with Crippen LogP contribution in [0, 0.1) is 0 Å². The van der Waals surface area contributed by atoms with Gasteiger partial charge < -0.3 is 10.1 Å². The van der Waals surface area contributed by atoms with Crippen molar-refractivity contribution in [2.75, 3.05) is 19.7 Å². The first-order valence-electron chi connectivity index (χ1n) is 10.2. The van der Waals surface area contributed by atoms with Gasteiger partial charge in [-0.05, 0) is 61.7 Å². The quantitative estimate of drug-likeness (QED) is 0.403. The van der Waals surface area contributed by atoms with Crippen LogP contribution < -0.4 is 15.2 Å². The molecule has 0 atom stereocenters. The molecule has 3 N–H and O–H groups in total. The number of nitrogens with one attached hydrogen (secondary N) is 1. The first kappa shape index (κ1) is 22.7. The summed E-state index contributed by atoms with van der Waals surface area (Å²) in [5, 5.41) is 9.48. The van der Waals surface area contributed by atoms with Crippen LogP contribution in [-0.4, -0.2) is 33.9 Å². The van der Waals surface area contributed by atoms with E-state index in [9.17, 15) is 13.2 Å². The average molecular weight is 451 g/mol. The Morgan fingerprint density at radius 2 is 1.93 bits per heavy atom. The molecule has 0 fully saturated rings. The smallest absolute Gasteiger partial charge is 0.241 e. The van der Waals surface area contributed by atoms with Crippen LogP contribution >= 0.6 is 11.6 Å². The van der Waals surface area contributed by atoms with Crippen molar-refractivity contribution in [3.05, 3.63) is 58.1 Å². The summed E-state index contributed by atoms with van der Waals surface area (Å²) in [5.41, 5.74) is 2.25. The number of ether oxygens (including phenoxy) is 1. The largest absolute Gasteiger partial charge is 0.492 e. The van der Waals surface area contributed by atoms with Crippen LogP contribution in [0.25, 0.3) is 0 Å². The lowest BCUT2D eigenvalue weighted by Crippen LogP contribution is -2.18. The van der Waals surface area contributed by atoms with Crippen molar-refractivity contribution in [3.8, 4) is 5.75 Å². The third-order valence-electron chi connectivity index (χ3n) is 5.16. The minimum atomic E-state index is -3.94. The molecule has 2 aromatic carbocycles. The molecule has 0 amide bonds. The fourth-order valence-electron chi connectivity index (χ4n) is 3.55. The lowest BCUT2D eigenvalue weighted by Gasteiger charge is -2.09. The molecule has 0 spiro atoms. The number of unbranched alkanes of at least 4 members (excludes halogenated alkanes) is 2. The molecule has 8 heteroatoms. The van der Waals surface area contributed by atoms with Gasteiger partial charge in [0.15, 0.2) is 5.78 Å². The maximum absolute atomic E-state index is 12.5. The maximum atomic E-state index is 12.5. The summed E-state index contributed by atoms with van der Waals surface area (Å²) in [4.78, 5) is 12.4. The third kappa shape index (κ3) is 6.04. The zero-order chi connectivity index (χ0) is 21.6. The second-order valence-corrected chi connectivity index (χ2v) is 9.37. The predicted molar refractivity (Wildman–Crippen MR) is 118 cm³/mol. The van der Waals surface area contributed by atoms with Gasteiger partial charge in [-0.2, -0.15) is 0 Å². The third-order valence-corrected chi connectivity index (χ3v) is 6.45.